The van der Waals surface area contributed by atoms with Crippen LogP contribution >= 0.6 is 0 Å². The van der Waals surface area contributed by atoms with Crippen LogP contribution in [-0.4, -0.2) is 57.5 Å². The topological polar surface area (TPSA) is 74.3 Å². The molecular formula is C17H25NO6. The summed E-state index contributed by atoms with van der Waals surface area (Å²) >= 11 is 0. The quantitative estimate of drug-likeness (QED) is 0.366. The minimum Gasteiger partial charge on any atom is -0.494 e. The van der Waals surface area contributed by atoms with E-state index in [0.717, 1.165) is 11.3 Å². The fourth-order valence-electron chi connectivity index (χ4n) is 2.07. The molecule has 7 nitrogen and oxygen atoms in total. The Labute approximate surface area is 142 Å². The predicted octanol–water partition coefficient (Wildman–Crippen LogP) is 1.60. The van der Waals surface area contributed by atoms with E-state index in [4.69, 9.17) is 14.2 Å². The molecule has 0 unspecified atom stereocenters. The molecule has 0 fully saturated rings. The average Bonchev–Trinajstić information content (AvgIpc) is 2.60. The Morgan fingerprint density at radius 2 is 1.71 bits per heavy atom. The van der Waals surface area contributed by atoms with Gasteiger partial charge >= 0.3 is 5.97 Å². The van der Waals surface area contributed by atoms with E-state index in [2.05, 4.69) is 4.74 Å². The molecule has 0 radical (unpaired) electrons. The van der Waals surface area contributed by atoms with Crippen molar-refractivity contribution < 1.29 is 28.5 Å². The van der Waals surface area contributed by atoms with E-state index in [0.29, 0.717) is 13.2 Å². The fourth-order valence-corrected chi connectivity index (χ4v) is 2.07. The number of rotatable bonds is 10. The lowest BCUT2D eigenvalue weighted by Gasteiger charge is -2.26. The maximum atomic E-state index is 12.3. The van der Waals surface area contributed by atoms with Crippen molar-refractivity contribution in [2.24, 2.45) is 0 Å². The normalized spacial score (nSPS) is 10.5. The number of carbonyl (C=O) groups excluding carboxylic acids is 2. The molecule has 1 rings (SSSR count). The number of nitrogens with zero attached hydrogens (tertiary/aromatic N) is 1. The number of carbonyl (C=O) groups is 2. The van der Waals surface area contributed by atoms with E-state index in [1.165, 1.54) is 26.2 Å². The zero-order valence-corrected chi connectivity index (χ0v) is 14.6. The molecule has 0 heterocycles. The van der Waals surface area contributed by atoms with Crippen LogP contribution in [0.15, 0.2) is 24.3 Å². The van der Waals surface area contributed by atoms with E-state index < -0.39 is 12.3 Å². The summed E-state index contributed by atoms with van der Waals surface area (Å²) in [4.78, 5) is 25.2. The molecule has 7 heteroatoms. The van der Waals surface area contributed by atoms with E-state index >= 15 is 0 Å². The first-order valence-electron chi connectivity index (χ1n) is 7.65. The lowest BCUT2D eigenvalue weighted by molar-refractivity contribution is -0.153. The first-order valence-corrected chi connectivity index (χ1v) is 7.65. The summed E-state index contributed by atoms with van der Waals surface area (Å²) in [7, 11) is 4.24. The highest BCUT2D eigenvalue weighted by Gasteiger charge is 2.21. The highest BCUT2D eigenvalue weighted by molar-refractivity contribution is 5.94. The second kappa shape index (κ2) is 10.6. The third-order valence-corrected chi connectivity index (χ3v) is 3.38. The first-order chi connectivity index (χ1) is 11.5. The van der Waals surface area contributed by atoms with Crippen LogP contribution in [0.2, 0.25) is 0 Å². The van der Waals surface area contributed by atoms with Gasteiger partial charge in [0, 0.05) is 20.8 Å². The average molecular weight is 339 g/mol. The van der Waals surface area contributed by atoms with Gasteiger partial charge in [0.1, 0.15) is 12.2 Å². The Kier molecular flexibility index (Phi) is 8.81. The van der Waals surface area contributed by atoms with Crippen molar-refractivity contribution in [3.8, 4) is 5.75 Å². The Balaban J connectivity index is 2.82. The van der Waals surface area contributed by atoms with Crippen molar-refractivity contribution in [1.29, 1.82) is 0 Å². The van der Waals surface area contributed by atoms with Crippen LogP contribution in [0.1, 0.15) is 18.9 Å². The highest BCUT2D eigenvalue weighted by Crippen LogP contribution is 2.15. The van der Waals surface area contributed by atoms with Crippen molar-refractivity contribution in [3.05, 3.63) is 29.8 Å². The SMILES string of the molecule is CCOc1ccc(CN(CC(OC)OC)C(=O)CC(=O)OC)cc1. The van der Waals surface area contributed by atoms with Crippen LogP contribution in [0.3, 0.4) is 0 Å². The molecule has 0 bridgehead atoms. The summed E-state index contributed by atoms with van der Waals surface area (Å²) in [6, 6.07) is 7.42. The van der Waals surface area contributed by atoms with Crippen LogP contribution < -0.4 is 4.74 Å². The van der Waals surface area contributed by atoms with Gasteiger partial charge in [-0.25, -0.2) is 0 Å². The standard InChI is InChI=1S/C17H25NO6/c1-5-24-14-8-6-13(7-9-14)11-18(12-17(22-3)23-4)15(19)10-16(20)21-2/h6-9,17H,5,10-12H2,1-4H3. The van der Waals surface area contributed by atoms with Gasteiger partial charge in [0.2, 0.25) is 5.91 Å². The molecule has 0 spiro atoms. The van der Waals surface area contributed by atoms with Crippen molar-refractivity contribution >= 4 is 11.9 Å². The number of amides is 1. The minimum absolute atomic E-state index is 0.204. The van der Waals surface area contributed by atoms with Gasteiger partial charge in [0.05, 0.1) is 20.3 Å². The van der Waals surface area contributed by atoms with Crippen LogP contribution in [-0.2, 0) is 30.3 Å². The number of esters is 1. The van der Waals surface area contributed by atoms with E-state index in [9.17, 15) is 9.59 Å². The summed E-state index contributed by atoms with van der Waals surface area (Å²) in [6.45, 7) is 3.03. The van der Waals surface area contributed by atoms with Gasteiger partial charge in [-0.15, -0.1) is 0 Å². The number of benzene rings is 1. The van der Waals surface area contributed by atoms with Crippen LogP contribution in [0.5, 0.6) is 5.75 Å². The van der Waals surface area contributed by atoms with Gasteiger partial charge in [-0.2, -0.15) is 0 Å². The monoisotopic (exact) mass is 339 g/mol. The summed E-state index contributed by atoms with van der Waals surface area (Å²) < 4.78 is 20.2. The maximum Gasteiger partial charge on any atom is 0.315 e. The van der Waals surface area contributed by atoms with Crippen molar-refractivity contribution in [2.75, 3.05) is 34.5 Å². The number of methoxy groups -OCH3 is 3. The summed E-state index contributed by atoms with van der Waals surface area (Å²) in [6.07, 6.45) is -0.900. The summed E-state index contributed by atoms with van der Waals surface area (Å²) in [5, 5.41) is 0. The fraction of sp³-hybridized carbons (Fsp3) is 0.529. The van der Waals surface area contributed by atoms with E-state index in [1.807, 2.05) is 31.2 Å². The molecule has 0 aliphatic rings. The van der Waals surface area contributed by atoms with Gasteiger partial charge in [0.15, 0.2) is 6.29 Å². The smallest absolute Gasteiger partial charge is 0.315 e. The largest absolute Gasteiger partial charge is 0.494 e. The first kappa shape index (κ1) is 19.9. The van der Waals surface area contributed by atoms with Gasteiger partial charge in [-0.05, 0) is 24.6 Å². The van der Waals surface area contributed by atoms with Gasteiger partial charge < -0.3 is 23.8 Å². The summed E-state index contributed by atoms with van der Waals surface area (Å²) in [5.41, 5.74) is 0.905. The molecule has 0 saturated carbocycles. The summed E-state index contributed by atoms with van der Waals surface area (Å²) in [5.74, 6) is -0.168. The second-order valence-corrected chi connectivity index (χ2v) is 5.01. The number of ether oxygens (including phenoxy) is 4. The third-order valence-electron chi connectivity index (χ3n) is 3.38. The van der Waals surface area contributed by atoms with Crippen LogP contribution in [0, 0.1) is 0 Å². The molecule has 0 N–H and O–H groups in total. The van der Waals surface area contributed by atoms with Crippen molar-refractivity contribution in [2.45, 2.75) is 26.2 Å². The third kappa shape index (κ3) is 6.55. The van der Waals surface area contributed by atoms with Crippen LogP contribution in [0.25, 0.3) is 0 Å². The van der Waals surface area contributed by atoms with Crippen LogP contribution in [0.4, 0.5) is 0 Å². The molecule has 1 aromatic carbocycles. The molecule has 0 aromatic heterocycles. The molecule has 134 valence electrons. The van der Waals surface area contributed by atoms with E-state index in [1.54, 1.807) is 0 Å². The predicted molar refractivity (Wildman–Crippen MR) is 87.5 cm³/mol. The zero-order valence-electron chi connectivity index (χ0n) is 14.6. The molecule has 24 heavy (non-hydrogen) atoms. The molecule has 0 saturated heterocycles. The lowest BCUT2D eigenvalue weighted by atomic mass is 10.2. The van der Waals surface area contributed by atoms with Gasteiger partial charge in [-0.3, -0.25) is 9.59 Å². The number of hydrogen-bond donors (Lipinski definition) is 0. The Hall–Kier alpha value is -2.12. The second-order valence-electron chi connectivity index (χ2n) is 5.01. The lowest BCUT2D eigenvalue weighted by Crippen LogP contribution is -2.39. The van der Waals surface area contributed by atoms with Crippen molar-refractivity contribution in [1.82, 2.24) is 4.90 Å². The molecule has 0 atom stereocenters. The van der Waals surface area contributed by atoms with E-state index in [-0.39, 0.29) is 18.9 Å². The molecule has 1 amide bonds. The Bertz CT molecular complexity index is 512. The minimum atomic E-state index is -0.580. The number of hydrogen-bond acceptors (Lipinski definition) is 6. The van der Waals surface area contributed by atoms with Crippen molar-refractivity contribution in [3.63, 3.8) is 0 Å². The highest BCUT2D eigenvalue weighted by atomic mass is 16.7. The van der Waals surface area contributed by atoms with Gasteiger partial charge in [0.25, 0.3) is 0 Å². The molecule has 0 aliphatic heterocycles. The Morgan fingerprint density at radius 1 is 1.08 bits per heavy atom. The van der Waals surface area contributed by atoms with Gasteiger partial charge in [-0.1, -0.05) is 12.1 Å². The zero-order chi connectivity index (χ0) is 17.9. The Morgan fingerprint density at radius 3 is 2.21 bits per heavy atom. The molecular weight excluding hydrogens is 314 g/mol. The molecule has 0 aliphatic carbocycles. The molecule has 1 aromatic rings. The maximum absolute atomic E-state index is 12.3.